The number of allylic oxidation sites excluding steroid dienone is 3. The first-order chi connectivity index (χ1) is 26.3. The molecule has 8 aromatic rings. The van der Waals surface area contributed by atoms with E-state index in [0.717, 1.165) is 76.1 Å². The van der Waals surface area contributed by atoms with Crippen LogP contribution in [-0.2, 0) is 11.8 Å². The van der Waals surface area contributed by atoms with Crippen molar-refractivity contribution in [1.82, 2.24) is 4.57 Å². The molecule has 260 valence electrons. The molecule has 2 aromatic heterocycles. The number of aromatic nitrogens is 1. The van der Waals surface area contributed by atoms with Gasteiger partial charge < -0.3 is 14.6 Å². The number of thiophene rings is 1. The van der Waals surface area contributed by atoms with Gasteiger partial charge in [-0.3, -0.25) is 4.79 Å². The van der Waals surface area contributed by atoms with Gasteiger partial charge in [-0.15, -0.1) is 11.3 Å². The molecule has 2 aliphatic rings. The summed E-state index contributed by atoms with van der Waals surface area (Å²) in [6.07, 6.45) is 1.76. The van der Waals surface area contributed by atoms with E-state index in [-0.39, 0.29) is 11.5 Å². The van der Waals surface area contributed by atoms with Crippen LogP contribution in [0.15, 0.2) is 155 Å². The van der Waals surface area contributed by atoms with Crippen LogP contribution in [0, 0.1) is 13.8 Å². The van der Waals surface area contributed by atoms with Crippen molar-refractivity contribution in [3.63, 3.8) is 0 Å². The maximum absolute atomic E-state index is 13.8. The average molecular weight is 718 g/mol. The van der Waals surface area contributed by atoms with E-state index < -0.39 is 0 Å². The summed E-state index contributed by atoms with van der Waals surface area (Å²) in [5, 5.41) is 19.1. The number of carbonyl (C=O) groups is 1. The summed E-state index contributed by atoms with van der Waals surface area (Å²) in [4.78, 5) is 22.3. The lowest BCUT2D eigenvalue weighted by Gasteiger charge is -2.24. The second kappa shape index (κ2) is 12.0. The summed E-state index contributed by atoms with van der Waals surface area (Å²) >= 11 is 1.76. The number of aliphatic hydroxyl groups excluding tert-OH is 1. The lowest BCUT2D eigenvalue weighted by atomic mass is 9.82. The van der Waals surface area contributed by atoms with Crippen LogP contribution in [0.4, 0.5) is 22.1 Å². The number of anilines is 3. The van der Waals surface area contributed by atoms with E-state index in [9.17, 15) is 9.90 Å². The Morgan fingerprint density at radius 3 is 2.11 bits per heavy atom. The van der Waals surface area contributed by atoms with Crippen LogP contribution in [0.5, 0.6) is 0 Å². The van der Waals surface area contributed by atoms with Gasteiger partial charge in [0.15, 0.2) is 0 Å². The van der Waals surface area contributed by atoms with Crippen molar-refractivity contribution >= 4 is 82.9 Å². The van der Waals surface area contributed by atoms with Gasteiger partial charge in [0.25, 0.3) is 0 Å². The van der Waals surface area contributed by atoms with E-state index in [4.69, 9.17) is 4.99 Å². The van der Waals surface area contributed by atoms with Crippen molar-refractivity contribution in [2.45, 2.75) is 20.8 Å². The quantitative estimate of drug-likeness (QED) is 0.174. The van der Waals surface area contributed by atoms with Crippen LogP contribution in [-0.4, -0.2) is 21.2 Å². The summed E-state index contributed by atoms with van der Waals surface area (Å²) in [7, 11) is 2.02. The van der Waals surface area contributed by atoms with Gasteiger partial charge in [0, 0.05) is 50.5 Å². The Balaban J connectivity index is 1.02. The number of aliphatic imine (C=N–C) groups is 1. The molecule has 1 aliphatic carbocycles. The van der Waals surface area contributed by atoms with Crippen molar-refractivity contribution in [3.8, 4) is 10.4 Å². The van der Waals surface area contributed by atoms with Crippen LogP contribution in [0.1, 0.15) is 23.6 Å². The number of ketones is 1. The number of aryl methyl sites for hydroxylation is 3. The van der Waals surface area contributed by atoms with Gasteiger partial charge in [0.2, 0.25) is 5.78 Å². The minimum atomic E-state index is -0.168. The van der Waals surface area contributed by atoms with Gasteiger partial charge >= 0.3 is 0 Å². The normalized spacial score (nSPS) is 15.1. The topological polar surface area (TPSA) is 57.8 Å². The number of carbonyl (C=O) groups excluding carboxylic acids is 1. The Labute approximate surface area is 316 Å². The zero-order valence-electron chi connectivity index (χ0n) is 30.3. The largest absolute Gasteiger partial charge is 0.506 e. The van der Waals surface area contributed by atoms with Crippen molar-refractivity contribution in [3.05, 3.63) is 172 Å². The van der Waals surface area contributed by atoms with E-state index in [0.29, 0.717) is 16.9 Å². The van der Waals surface area contributed by atoms with Crippen molar-refractivity contribution in [2.75, 3.05) is 4.90 Å². The number of hydrogen-bond acceptors (Lipinski definition) is 5. The highest BCUT2D eigenvalue weighted by Crippen LogP contribution is 2.47. The molecular formula is C48H35N3O2S. The predicted molar refractivity (Wildman–Crippen MR) is 225 cm³/mol. The first-order valence-electron chi connectivity index (χ1n) is 18.1. The van der Waals surface area contributed by atoms with E-state index >= 15 is 0 Å². The first kappa shape index (κ1) is 32.2. The second-order valence-electron chi connectivity index (χ2n) is 14.3. The third-order valence-corrected chi connectivity index (χ3v) is 12.1. The van der Waals surface area contributed by atoms with Gasteiger partial charge in [0.05, 0.1) is 27.9 Å². The Morgan fingerprint density at radius 1 is 0.741 bits per heavy atom. The Bertz CT molecular complexity index is 3000. The van der Waals surface area contributed by atoms with Gasteiger partial charge in [0.1, 0.15) is 10.8 Å². The predicted octanol–water partition coefficient (Wildman–Crippen LogP) is 11.6. The molecule has 5 nitrogen and oxygen atoms in total. The van der Waals surface area contributed by atoms with Crippen LogP contribution in [0.25, 0.3) is 48.5 Å². The minimum Gasteiger partial charge on any atom is -0.506 e. The molecule has 0 saturated carbocycles. The zero-order chi connectivity index (χ0) is 36.8. The summed E-state index contributed by atoms with van der Waals surface area (Å²) in [5.74, 6) is -0.149. The van der Waals surface area contributed by atoms with Gasteiger partial charge in [-0.1, -0.05) is 90.0 Å². The lowest BCUT2D eigenvalue weighted by molar-refractivity contribution is -0.113. The number of benzene rings is 6. The van der Waals surface area contributed by atoms with E-state index in [1.807, 2.05) is 20.0 Å². The fourth-order valence-electron chi connectivity index (χ4n) is 8.30. The molecule has 6 aromatic carbocycles. The van der Waals surface area contributed by atoms with Crippen molar-refractivity contribution in [2.24, 2.45) is 12.0 Å². The van der Waals surface area contributed by atoms with Crippen molar-refractivity contribution < 1.29 is 9.90 Å². The third-order valence-electron chi connectivity index (χ3n) is 11.0. The molecular weight excluding hydrogens is 683 g/mol. The molecule has 0 atom stereocenters. The fourth-order valence-corrected chi connectivity index (χ4v) is 9.39. The number of Topliss-reactive ketones (excluding diaryl/α,β-unsaturated/α-hetero) is 1. The molecule has 0 bridgehead atoms. The van der Waals surface area contributed by atoms with Crippen LogP contribution >= 0.6 is 11.3 Å². The molecule has 0 spiro atoms. The minimum absolute atomic E-state index is 0.0193. The molecule has 0 saturated heterocycles. The highest BCUT2D eigenvalue weighted by Gasteiger charge is 2.36. The summed E-state index contributed by atoms with van der Waals surface area (Å²) in [6, 6.07) is 44.7. The zero-order valence-corrected chi connectivity index (χ0v) is 31.1. The molecule has 6 heteroatoms. The molecule has 0 amide bonds. The van der Waals surface area contributed by atoms with E-state index in [1.54, 1.807) is 17.4 Å². The van der Waals surface area contributed by atoms with Crippen LogP contribution in [0.2, 0.25) is 0 Å². The second-order valence-corrected chi connectivity index (χ2v) is 15.4. The SMILES string of the molecule is C/C(C1=C(O)/C(=C\C2=Nc3ccc(-c4ccc(N(c5ccc(C)cc5)c5ccc(C)cc5)s4)c4cccc2c34)C1=O)=c1/c2cccc3cccc(c32)n1C. The van der Waals surface area contributed by atoms with Gasteiger partial charge in [-0.05, 0) is 97.3 Å². The standard InChI is InChI=1S/C48H35N3O2S/c1-27-14-18-31(19-15-27)51(32-20-16-28(2)17-21-32)42-25-24-41(54-42)33-22-23-38-45-34(33)10-7-11-35(45)39(49-38)26-37-47(52)43(48(37)53)29(3)46-36-12-5-8-30-9-6-13-40(44(30)36)50(46)4/h5-26,52H,1-4H3/b37-26+,46-29+. The van der Waals surface area contributed by atoms with Gasteiger partial charge in [-0.2, -0.15) is 0 Å². The van der Waals surface area contributed by atoms with E-state index in [2.05, 4.69) is 145 Å². The van der Waals surface area contributed by atoms with Crippen LogP contribution < -0.4 is 10.2 Å². The number of rotatable bonds is 6. The molecule has 0 radical (unpaired) electrons. The lowest BCUT2D eigenvalue weighted by Crippen LogP contribution is -2.28. The average Bonchev–Trinajstić information content (AvgIpc) is 3.89. The summed E-state index contributed by atoms with van der Waals surface area (Å²) < 4.78 is 2.12. The number of aliphatic hydroxyl groups is 1. The van der Waals surface area contributed by atoms with Crippen molar-refractivity contribution in [1.29, 1.82) is 0 Å². The molecule has 0 unspecified atom stereocenters. The number of hydrogen-bond donors (Lipinski definition) is 1. The highest BCUT2D eigenvalue weighted by molar-refractivity contribution is 7.19. The summed E-state index contributed by atoms with van der Waals surface area (Å²) in [5.41, 5.74) is 10.8. The van der Waals surface area contributed by atoms with E-state index in [1.165, 1.54) is 16.5 Å². The Hall–Kier alpha value is -6.50. The summed E-state index contributed by atoms with van der Waals surface area (Å²) in [6.45, 7) is 6.15. The molecule has 0 fully saturated rings. The van der Waals surface area contributed by atoms with Gasteiger partial charge in [-0.25, -0.2) is 4.99 Å². The molecule has 10 rings (SSSR count). The molecule has 54 heavy (non-hydrogen) atoms. The monoisotopic (exact) mass is 717 g/mol. The Kier molecular flexibility index (Phi) is 7.16. The maximum atomic E-state index is 13.8. The van der Waals surface area contributed by atoms with Crippen LogP contribution in [0.3, 0.4) is 0 Å². The fraction of sp³-hybridized carbons (Fsp3) is 0.0833. The maximum Gasteiger partial charge on any atom is 0.200 e. The molecule has 1 aliphatic heterocycles. The molecule has 1 N–H and O–H groups in total. The molecule has 3 heterocycles. The smallest absolute Gasteiger partial charge is 0.200 e. The number of nitrogens with zero attached hydrogens (tertiary/aromatic N) is 3. The third kappa shape index (κ3) is 4.77. The Morgan fingerprint density at radius 2 is 1.41 bits per heavy atom. The highest BCUT2D eigenvalue weighted by atomic mass is 32.1. The first-order valence-corrected chi connectivity index (χ1v) is 18.9.